The van der Waals surface area contributed by atoms with Crippen LogP contribution < -0.4 is 15.8 Å². The van der Waals surface area contributed by atoms with E-state index in [0.29, 0.717) is 23.6 Å². The van der Waals surface area contributed by atoms with Gasteiger partial charge < -0.3 is 19.7 Å². The van der Waals surface area contributed by atoms with Crippen LogP contribution in [0.2, 0.25) is 0 Å². The van der Waals surface area contributed by atoms with Gasteiger partial charge in [-0.05, 0) is 49.1 Å². The Bertz CT molecular complexity index is 1290. The van der Waals surface area contributed by atoms with Crippen LogP contribution in [0.25, 0.3) is 11.0 Å². The zero-order valence-electron chi connectivity index (χ0n) is 18.7. The Morgan fingerprint density at radius 1 is 1.06 bits per heavy atom. The molecule has 170 valence electrons. The zero-order valence-corrected chi connectivity index (χ0v) is 18.7. The van der Waals surface area contributed by atoms with E-state index in [2.05, 4.69) is 15.2 Å². The highest BCUT2D eigenvalue weighted by Crippen LogP contribution is 2.25. The number of aryl methyl sites for hydroxylation is 1. The summed E-state index contributed by atoms with van der Waals surface area (Å²) in [5.74, 6) is 0.220. The van der Waals surface area contributed by atoms with E-state index in [9.17, 15) is 14.4 Å². The predicted octanol–water partition coefficient (Wildman–Crippen LogP) is 3.00. The van der Waals surface area contributed by atoms with Crippen LogP contribution in [-0.2, 0) is 17.9 Å². The van der Waals surface area contributed by atoms with Gasteiger partial charge in [-0.15, -0.1) is 0 Å². The Morgan fingerprint density at radius 2 is 1.85 bits per heavy atom. The third kappa shape index (κ3) is 4.08. The molecule has 3 aromatic rings. The summed E-state index contributed by atoms with van der Waals surface area (Å²) in [6.45, 7) is 2.49. The number of piperidine rings is 1. The number of hydrogen-bond donors (Lipinski definition) is 1. The highest BCUT2D eigenvalue weighted by atomic mass is 16.2. The van der Waals surface area contributed by atoms with Gasteiger partial charge in [0.15, 0.2) is 5.82 Å². The summed E-state index contributed by atoms with van der Waals surface area (Å²) in [6, 6.07) is 13.0. The van der Waals surface area contributed by atoms with E-state index in [1.54, 1.807) is 22.6 Å². The summed E-state index contributed by atoms with van der Waals surface area (Å²) in [6.07, 6.45) is 3.41. The van der Waals surface area contributed by atoms with Crippen LogP contribution in [0.15, 0.2) is 47.3 Å². The number of benzene rings is 2. The monoisotopic (exact) mass is 445 g/mol. The standard InChI is InChI=1S/C25H27N5O3/c1-28-16-17-9-10-18(15-19(17)24(28)32)26-22(31)11-14-30-21-8-4-3-7-20(21)27-23(25(30)33)29-12-5-2-6-13-29/h3-4,7-10,15H,2,5-6,11-14,16H2,1H3,(H,26,31). The Hall–Kier alpha value is -3.68. The van der Waals surface area contributed by atoms with E-state index in [1.807, 2.05) is 36.4 Å². The lowest BCUT2D eigenvalue weighted by Crippen LogP contribution is -2.37. The minimum Gasteiger partial charge on any atom is -0.352 e. The topological polar surface area (TPSA) is 87.5 Å². The Labute approximate surface area is 191 Å². The zero-order chi connectivity index (χ0) is 22.9. The summed E-state index contributed by atoms with van der Waals surface area (Å²) in [5.41, 5.74) is 3.48. The molecule has 2 aromatic carbocycles. The van der Waals surface area contributed by atoms with Crippen molar-refractivity contribution in [3.63, 3.8) is 0 Å². The van der Waals surface area contributed by atoms with Gasteiger partial charge in [0.1, 0.15) is 0 Å². The number of nitrogens with one attached hydrogen (secondary N) is 1. The Morgan fingerprint density at radius 3 is 2.67 bits per heavy atom. The second kappa shape index (κ2) is 8.69. The van der Waals surface area contributed by atoms with Gasteiger partial charge in [0.2, 0.25) is 5.91 Å². The molecule has 8 nitrogen and oxygen atoms in total. The second-order valence-corrected chi connectivity index (χ2v) is 8.76. The molecule has 33 heavy (non-hydrogen) atoms. The Kier molecular flexibility index (Phi) is 5.58. The molecule has 2 amide bonds. The molecule has 0 bridgehead atoms. The van der Waals surface area contributed by atoms with Crippen LogP contribution in [0.4, 0.5) is 11.5 Å². The van der Waals surface area contributed by atoms with Crippen molar-refractivity contribution in [2.45, 2.75) is 38.8 Å². The molecule has 0 spiro atoms. The number of carbonyl (C=O) groups excluding carboxylic acids is 2. The normalized spacial score (nSPS) is 15.7. The first-order valence-corrected chi connectivity index (χ1v) is 11.4. The molecule has 1 N–H and O–H groups in total. The van der Waals surface area contributed by atoms with Gasteiger partial charge in [0.25, 0.3) is 11.5 Å². The minimum absolute atomic E-state index is 0.0406. The van der Waals surface area contributed by atoms with Crippen LogP contribution in [0.3, 0.4) is 0 Å². The maximum atomic E-state index is 13.3. The van der Waals surface area contributed by atoms with E-state index < -0.39 is 0 Å². The van der Waals surface area contributed by atoms with Crippen LogP contribution in [0.1, 0.15) is 41.6 Å². The average Bonchev–Trinajstić information content (AvgIpc) is 3.11. The van der Waals surface area contributed by atoms with Crippen molar-refractivity contribution in [1.82, 2.24) is 14.5 Å². The first-order chi connectivity index (χ1) is 16.0. The van der Waals surface area contributed by atoms with E-state index in [4.69, 9.17) is 0 Å². The van der Waals surface area contributed by atoms with Crippen LogP contribution in [-0.4, -0.2) is 46.4 Å². The van der Waals surface area contributed by atoms with Gasteiger partial charge in [0, 0.05) is 50.9 Å². The molecule has 2 aliphatic heterocycles. The average molecular weight is 446 g/mol. The molecule has 1 saturated heterocycles. The highest BCUT2D eigenvalue weighted by Gasteiger charge is 2.24. The van der Waals surface area contributed by atoms with Crippen molar-refractivity contribution >= 4 is 34.4 Å². The number of anilines is 2. The maximum Gasteiger partial charge on any atom is 0.294 e. The number of para-hydroxylation sites is 2. The maximum absolute atomic E-state index is 13.3. The number of aromatic nitrogens is 2. The molecule has 3 heterocycles. The van der Waals surface area contributed by atoms with Crippen molar-refractivity contribution in [2.24, 2.45) is 0 Å². The van der Waals surface area contributed by atoms with Gasteiger partial charge >= 0.3 is 0 Å². The van der Waals surface area contributed by atoms with Crippen molar-refractivity contribution < 1.29 is 9.59 Å². The molecule has 1 aromatic heterocycles. The lowest BCUT2D eigenvalue weighted by molar-refractivity contribution is -0.116. The van der Waals surface area contributed by atoms with Crippen molar-refractivity contribution in [1.29, 1.82) is 0 Å². The molecular weight excluding hydrogens is 418 g/mol. The minimum atomic E-state index is -0.207. The van der Waals surface area contributed by atoms with Crippen molar-refractivity contribution in [2.75, 3.05) is 30.4 Å². The molecule has 1 fully saturated rings. The first kappa shape index (κ1) is 21.2. The summed E-state index contributed by atoms with van der Waals surface area (Å²) in [5, 5.41) is 2.87. The van der Waals surface area contributed by atoms with Gasteiger partial charge in [-0.1, -0.05) is 18.2 Å². The molecule has 8 heteroatoms. The number of amides is 2. The molecule has 0 aliphatic carbocycles. The largest absolute Gasteiger partial charge is 0.352 e. The second-order valence-electron chi connectivity index (χ2n) is 8.76. The van der Waals surface area contributed by atoms with E-state index in [-0.39, 0.29) is 30.3 Å². The SMILES string of the molecule is CN1Cc2ccc(NC(=O)CCn3c(=O)c(N4CCCCC4)nc4ccccc43)cc2C1=O. The molecule has 0 saturated carbocycles. The molecule has 0 unspecified atom stereocenters. The number of hydrogen-bond acceptors (Lipinski definition) is 5. The summed E-state index contributed by atoms with van der Waals surface area (Å²) >= 11 is 0. The lowest BCUT2D eigenvalue weighted by Gasteiger charge is -2.27. The third-order valence-electron chi connectivity index (χ3n) is 6.43. The number of rotatable bonds is 5. The van der Waals surface area contributed by atoms with Crippen LogP contribution >= 0.6 is 0 Å². The van der Waals surface area contributed by atoms with Crippen LogP contribution in [0.5, 0.6) is 0 Å². The molecule has 0 atom stereocenters. The first-order valence-electron chi connectivity index (χ1n) is 11.4. The van der Waals surface area contributed by atoms with Crippen LogP contribution in [0, 0.1) is 0 Å². The number of carbonyl (C=O) groups is 2. The van der Waals surface area contributed by atoms with E-state index in [0.717, 1.165) is 42.5 Å². The van der Waals surface area contributed by atoms with E-state index >= 15 is 0 Å². The predicted molar refractivity (Wildman–Crippen MR) is 128 cm³/mol. The fourth-order valence-electron chi connectivity index (χ4n) is 4.67. The van der Waals surface area contributed by atoms with Gasteiger partial charge in [-0.2, -0.15) is 0 Å². The van der Waals surface area contributed by atoms with Crippen molar-refractivity contribution in [3.8, 4) is 0 Å². The molecule has 2 aliphatic rings. The van der Waals surface area contributed by atoms with E-state index in [1.165, 1.54) is 6.42 Å². The molecule has 5 rings (SSSR count). The smallest absolute Gasteiger partial charge is 0.294 e. The quantitative estimate of drug-likeness (QED) is 0.652. The fourth-order valence-corrected chi connectivity index (χ4v) is 4.67. The summed E-state index contributed by atoms with van der Waals surface area (Å²) in [4.78, 5) is 46.7. The van der Waals surface area contributed by atoms with Gasteiger partial charge in [-0.25, -0.2) is 4.98 Å². The summed E-state index contributed by atoms with van der Waals surface area (Å²) < 4.78 is 1.66. The van der Waals surface area contributed by atoms with Gasteiger partial charge in [0.05, 0.1) is 11.0 Å². The third-order valence-corrected chi connectivity index (χ3v) is 6.43. The Balaban J connectivity index is 1.36. The number of fused-ring (bicyclic) bond motifs is 2. The van der Waals surface area contributed by atoms with Gasteiger partial charge in [-0.3, -0.25) is 14.4 Å². The fraction of sp³-hybridized carbons (Fsp3) is 0.360. The summed E-state index contributed by atoms with van der Waals surface area (Å²) in [7, 11) is 1.76. The molecular formula is C25H27N5O3. The van der Waals surface area contributed by atoms with Crippen molar-refractivity contribution in [3.05, 3.63) is 63.9 Å². The molecule has 0 radical (unpaired) electrons. The number of nitrogens with zero attached hydrogens (tertiary/aromatic N) is 4. The lowest BCUT2D eigenvalue weighted by atomic mass is 10.1. The highest BCUT2D eigenvalue weighted by molar-refractivity contribution is 6.00.